The molecular formula is C12H13N3O3. The number of hydrogen-bond donors (Lipinski definition) is 1. The number of rotatable bonds is 3. The van der Waals surface area contributed by atoms with Gasteiger partial charge in [-0.3, -0.25) is 4.68 Å². The molecule has 6 heteroatoms. The number of nitrogens with two attached hydrogens (primary N) is 1. The first-order chi connectivity index (χ1) is 8.60. The van der Waals surface area contributed by atoms with Crippen LogP contribution in [0.5, 0.6) is 11.5 Å². The van der Waals surface area contributed by atoms with E-state index in [4.69, 9.17) is 10.5 Å². The fourth-order valence-electron chi connectivity index (χ4n) is 1.48. The number of aromatic nitrogens is 2. The molecule has 0 aliphatic rings. The normalized spacial score (nSPS) is 10.1. The number of carbonyl (C=O) groups is 1. The predicted octanol–water partition coefficient (Wildman–Crippen LogP) is 1.58. The highest BCUT2D eigenvalue weighted by atomic mass is 16.5. The molecule has 0 radical (unpaired) electrons. The van der Waals surface area contributed by atoms with Crippen molar-refractivity contribution in [3.8, 4) is 11.5 Å². The van der Waals surface area contributed by atoms with E-state index >= 15 is 0 Å². The SMILES string of the molecule is COC(=O)c1cc(N)ccc1Oc1cnn(C)c1. The molecule has 2 rings (SSSR count). The second-order valence-electron chi connectivity index (χ2n) is 3.70. The molecular weight excluding hydrogens is 234 g/mol. The molecule has 0 saturated heterocycles. The van der Waals surface area contributed by atoms with E-state index in [9.17, 15) is 4.79 Å². The summed E-state index contributed by atoms with van der Waals surface area (Å²) in [7, 11) is 3.08. The number of carbonyl (C=O) groups excluding carboxylic acids is 1. The molecule has 0 saturated carbocycles. The summed E-state index contributed by atoms with van der Waals surface area (Å²) < 4.78 is 11.8. The van der Waals surface area contributed by atoms with E-state index < -0.39 is 5.97 Å². The maximum Gasteiger partial charge on any atom is 0.341 e. The van der Waals surface area contributed by atoms with Crippen molar-refractivity contribution >= 4 is 11.7 Å². The summed E-state index contributed by atoms with van der Waals surface area (Å²) >= 11 is 0. The minimum Gasteiger partial charge on any atom is -0.465 e. The van der Waals surface area contributed by atoms with Crippen LogP contribution < -0.4 is 10.5 Å². The van der Waals surface area contributed by atoms with Crippen LogP contribution in [0, 0.1) is 0 Å². The lowest BCUT2D eigenvalue weighted by molar-refractivity contribution is 0.0598. The minimum atomic E-state index is -0.499. The van der Waals surface area contributed by atoms with Crippen molar-refractivity contribution in [2.75, 3.05) is 12.8 Å². The highest BCUT2D eigenvalue weighted by Gasteiger charge is 2.14. The molecule has 2 N–H and O–H groups in total. The largest absolute Gasteiger partial charge is 0.465 e. The summed E-state index contributed by atoms with van der Waals surface area (Å²) in [6, 6.07) is 4.78. The Labute approximate surface area is 104 Å². The number of nitrogens with zero attached hydrogens (tertiary/aromatic N) is 2. The highest BCUT2D eigenvalue weighted by molar-refractivity contribution is 5.93. The third-order valence-corrected chi connectivity index (χ3v) is 2.32. The van der Waals surface area contributed by atoms with Gasteiger partial charge in [0.1, 0.15) is 11.3 Å². The summed E-state index contributed by atoms with van der Waals surface area (Å²) in [5.74, 6) is 0.415. The molecule has 18 heavy (non-hydrogen) atoms. The van der Waals surface area contributed by atoms with Gasteiger partial charge in [-0.2, -0.15) is 5.10 Å². The minimum absolute atomic E-state index is 0.279. The van der Waals surface area contributed by atoms with Gasteiger partial charge >= 0.3 is 5.97 Å². The lowest BCUT2D eigenvalue weighted by atomic mass is 10.2. The van der Waals surface area contributed by atoms with E-state index in [1.165, 1.54) is 13.2 Å². The Bertz CT molecular complexity index is 578. The van der Waals surface area contributed by atoms with Crippen LogP contribution in [0.1, 0.15) is 10.4 Å². The smallest absolute Gasteiger partial charge is 0.341 e. The average molecular weight is 247 g/mol. The topological polar surface area (TPSA) is 79.4 Å². The Kier molecular flexibility index (Phi) is 3.18. The molecule has 1 aromatic carbocycles. The third kappa shape index (κ3) is 2.42. The van der Waals surface area contributed by atoms with Gasteiger partial charge in [0, 0.05) is 12.7 Å². The van der Waals surface area contributed by atoms with Gasteiger partial charge in [-0.25, -0.2) is 4.79 Å². The van der Waals surface area contributed by atoms with Crippen LogP contribution in [0.25, 0.3) is 0 Å². The van der Waals surface area contributed by atoms with E-state index in [-0.39, 0.29) is 5.56 Å². The van der Waals surface area contributed by atoms with Crippen LogP contribution in [0.3, 0.4) is 0 Å². The molecule has 0 spiro atoms. The van der Waals surface area contributed by atoms with E-state index in [0.29, 0.717) is 17.2 Å². The zero-order valence-corrected chi connectivity index (χ0v) is 10.1. The molecule has 0 amide bonds. The van der Waals surface area contributed by atoms with Crippen molar-refractivity contribution in [2.45, 2.75) is 0 Å². The van der Waals surface area contributed by atoms with Gasteiger partial charge in [0.15, 0.2) is 5.75 Å². The second kappa shape index (κ2) is 4.79. The fourth-order valence-corrected chi connectivity index (χ4v) is 1.48. The van der Waals surface area contributed by atoms with Crippen LogP contribution >= 0.6 is 0 Å². The first kappa shape index (κ1) is 12.0. The summed E-state index contributed by atoms with van der Waals surface area (Å²) in [4.78, 5) is 11.6. The van der Waals surface area contributed by atoms with Gasteiger partial charge in [-0.1, -0.05) is 0 Å². The number of esters is 1. The van der Waals surface area contributed by atoms with E-state index in [1.54, 1.807) is 36.3 Å². The predicted molar refractivity (Wildman–Crippen MR) is 65.5 cm³/mol. The second-order valence-corrected chi connectivity index (χ2v) is 3.70. The van der Waals surface area contributed by atoms with Crippen molar-refractivity contribution in [3.05, 3.63) is 36.2 Å². The lowest BCUT2D eigenvalue weighted by Gasteiger charge is -2.08. The number of hydrogen-bond acceptors (Lipinski definition) is 5. The zero-order chi connectivity index (χ0) is 13.1. The zero-order valence-electron chi connectivity index (χ0n) is 10.1. The maximum atomic E-state index is 11.6. The molecule has 0 fully saturated rings. The Balaban J connectivity index is 2.35. The molecule has 0 aliphatic carbocycles. The molecule has 0 atom stereocenters. The summed E-state index contributed by atoms with van der Waals surface area (Å²) in [6.07, 6.45) is 3.24. The van der Waals surface area contributed by atoms with E-state index in [2.05, 4.69) is 9.84 Å². The number of nitrogen functional groups attached to an aromatic ring is 1. The van der Waals surface area contributed by atoms with Crippen molar-refractivity contribution in [2.24, 2.45) is 7.05 Å². The molecule has 94 valence electrons. The summed E-state index contributed by atoms with van der Waals surface area (Å²) in [5.41, 5.74) is 6.38. The first-order valence-corrected chi connectivity index (χ1v) is 5.24. The highest BCUT2D eigenvalue weighted by Crippen LogP contribution is 2.27. The van der Waals surface area contributed by atoms with Crippen LogP contribution in [0.15, 0.2) is 30.6 Å². The number of anilines is 1. The Morgan fingerprint density at radius 1 is 1.44 bits per heavy atom. The number of benzene rings is 1. The number of aryl methyl sites for hydroxylation is 1. The molecule has 0 aliphatic heterocycles. The molecule has 6 nitrogen and oxygen atoms in total. The van der Waals surface area contributed by atoms with Gasteiger partial charge in [0.05, 0.1) is 19.5 Å². The Morgan fingerprint density at radius 2 is 2.22 bits per heavy atom. The van der Waals surface area contributed by atoms with E-state index in [0.717, 1.165) is 0 Å². The van der Waals surface area contributed by atoms with Gasteiger partial charge in [0.25, 0.3) is 0 Å². The summed E-state index contributed by atoms with van der Waals surface area (Å²) in [6.45, 7) is 0. The molecule has 0 unspecified atom stereocenters. The van der Waals surface area contributed by atoms with Crippen LogP contribution in [0.2, 0.25) is 0 Å². The standard InChI is InChI=1S/C12H13N3O3/c1-15-7-9(6-14-15)18-11-4-3-8(13)5-10(11)12(16)17-2/h3-7H,13H2,1-2H3. The average Bonchev–Trinajstić information content (AvgIpc) is 2.76. The molecule has 1 heterocycles. The van der Waals surface area contributed by atoms with Crippen LogP contribution in [0.4, 0.5) is 5.69 Å². The maximum absolute atomic E-state index is 11.6. The monoisotopic (exact) mass is 247 g/mol. The Hall–Kier alpha value is -2.50. The Morgan fingerprint density at radius 3 is 2.83 bits per heavy atom. The van der Waals surface area contributed by atoms with Crippen molar-refractivity contribution < 1.29 is 14.3 Å². The van der Waals surface area contributed by atoms with Gasteiger partial charge in [0.2, 0.25) is 0 Å². The third-order valence-electron chi connectivity index (χ3n) is 2.32. The van der Waals surface area contributed by atoms with Gasteiger partial charge in [-0.15, -0.1) is 0 Å². The van der Waals surface area contributed by atoms with Crippen LogP contribution in [-0.4, -0.2) is 22.9 Å². The fraction of sp³-hybridized carbons (Fsp3) is 0.167. The summed E-state index contributed by atoms with van der Waals surface area (Å²) in [5, 5.41) is 3.98. The molecule has 2 aromatic rings. The van der Waals surface area contributed by atoms with Crippen molar-refractivity contribution in [1.29, 1.82) is 0 Å². The van der Waals surface area contributed by atoms with Gasteiger partial charge < -0.3 is 15.2 Å². The van der Waals surface area contributed by atoms with Crippen LogP contribution in [-0.2, 0) is 11.8 Å². The van der Waals surface area contributed by atoms with Gasteiger partial charge in [-0.05, 0) is 18.2 Å². The number of methoxy groups -OCH3 is 1. The van der Waals surface area contributed by atoms with Crippen molar-refractivity contribution in [3.63, 3.8) is 0 Å². The van der Waals surface area contributed by atoms with Crippen molar-refractivity contribution in [1.82, 2.24) is 9.78 Å². The quantitative estimate of drug-likeness (QED) is 0.658. The van der Waals surface area contributed by atoms with E-state index in [1.807, 2.05) is 0 Å². The molecule has 1 aromatic heterocycles. The molecule has 0 bridgehead atoms. The lowest BCUT2D eigenvalue weighted by Crippen LogP contribution is -2.04. The number of ether oxygens (including phenoxy) is 2. The first-order valence-electron chi connectivity index (χ1n) is 5.24.